The average molecular weight is 512 g/mol. The van der Waals surface area contributed by atoms with Crippen molar-refractivity contribution in [1.82, 2.24) is 5.32 Å². The molecular weight excluding hydrogens is 482 g/mol. The molecule has 2 aliphatic rings. The predicted octanol–water partition coefficient (Wildman–Crippen LogP) is 3.73. The Labute approximate surface area is 206 Å². The highest BCUT2D eigenvalue weighted by Crippen LogP contribution is 2.37. The maximum Gasteiger partial charge on any atom is 0.416 e. The molecule has 0 spiro atoms. The Bertz CT molecular complexity index is 1040. The monoisotopic (exact) mass is 511 g/mol. The number of carbonyl (C=O) groups is 1. The van der Waals surface area contributed by atoms with Gasteiger partial charge in [0.25, 0.3) is 5.91 Å². The third kappa shape index (κ3) is 6.61. The molecule has 36 heavy (non-hydrogen) atoms. The maximum atomic E-state index is 13.3. The summed E-state index contributed by atoms with van der Waals surface area (Å²) in [5.74, 6) is -0.500. The lowest BCUT2D eigenvalue weighted by atomic mass is 9.78. The zero-order chi connectivity index (χ0) is 25.9. The van der Waals surface area contributed by atoms with Gasteiger partial charge in [-0.15, -0.1) is 0 Å². The minimum Gasteiger partial charge on any atom is -0.390 e. The number of benzene rings is 2. The predicted molar refractivity (Wildman–Crippen MR) is 121 cm³/mol. The fourth-order valence-electron chi connectivity index (χ4n) is 4.32. The van der Waals surface area contributed by atoms with Crippen LogP contribution in [-0.4, -0.2) is 46.6 Å². The van der Waals surface area contributed by atoms with Gasteiger partial charge in [-0.25, -0.2) is 4.39 Å². The highest BCUT2D eigenvalue weighted by atomic mass is 19.4. The fraction of sp³-hybridized carbons (Fsp3) is 0.500. The molecule has 0 aromatic heterocycles. The van der Waals surface area contributed by atoms with Crippen LogP contribution in [0, 0.1) is 11.7 Å². The normalized spacial score (nSPS) is 26.6. The number of aliphatic hydroxyl groups excluding tert-OH is 2. The Hall–Kier alpha value is -2.53. The number of aliphatic hydroxyl groups is 2. The number of amides is 1. The van der Waals surface area contributed by atoms with Crippen molar-refractivity contribution < 1.29 is 42.0 Å². The third-order valence-electron chi connectivity index (χ3n) is 6.65. The maximum absolute atomic E-state index is 13.3. The van der Waals surface area contributed by atoms with Gasteiger partial charge in [-0.2, -0.15) is 13.2 Å². The molecule has 4 atom stereocenters. The van der Waals surface area contributed by atoms with Crippen molar-refractivity contribution in [2.45, 2.75) is 69.0 Å². The van der Waals surface area contributed by atoms with Crippen LogP contribution in [0.2, 0.25) is 0 Å². The van der Waals surface area contributed by atoms with E-state index in [1.54, 1.807) is 0 Å². The van der Waals surface area contributed by atoms with Gasteiger partial charge in [-0.3, -0.25) is 4.79 Å². The number of carbonyl (C=O) groups excluding carboxylic acids is 1. The lowest BCUT2D eigenvalue weighted by Gasteiger charge is -2.44. The second-order valence-corrected chi connectivity index (χ2v) is 9.58. The molecule has 2 aromatic carbocycles. The standard InChI is InChI=1S/C26H29F4NO5/c27-20-8-6-17(7-9-20)15-36-25(24(34)31-13-16-4-5-16)11-21(32)23(33)22(12-25)35-14-18-2-1-3-19(10-18)26(28,29)30/h1-3,6-10,16,21-23,32-33H,4-5,11-15H2,(H,31,34)/t21-,22?,23-,25+/m1/s1. The quantitative estimate of drug-likeness (QED) is 0.447. The topological polar surface area (TPSA) is 88.0 Å². The molecule has 3 N–H and O–H groups in total. The van der Waals surface area contributed by atoms with Crippen molar-refractivity contribution >= 4 is 5.91 Å². The molecule has 196 valence electrons. The van der Waals surface area contributed by atoms with Gasteiger partial charge in [-0.05, 0) is 54.2 Å². The smallest absolute Gasteiger partial charge is 0.390 e. The Balaban J connectivity index is 1.50. The van der Waals surface area contributed by atoms with Crippen molar-refractivity contribution in [2.24, 2.45) is 5.92 Å². The molecule has 0 aliphatic heterocycles. The van der Waals surface area contributed by atoms with Crippen LogP contribution < -0.4 is 5.32 Å². The summed E-state index contributed by atoms with van der Waals surface area (Å²) in [5, 5.41) is 24.0. The van der Waals surface area contributed by atoms with Gasteiger partial charge in [0, 0.05) is 19.4 Å². The zero-order valence-electron chi connectivity index (χ0n) is 19.5. The molecule has 6 nitrogen and oxygen atoms in total. The van der Waals surface area contributed by atoms with E-state index in [4.69, 9.17) is 9.47 Å². The number of nitrogens with one attached hydrogen (secondary N) is 1. The third-order valence-corrected chi connectivity index (χ3v) is 6.65. The first-order valence-corrected chi connectivity index (χ1v) is 11.9. The average Bonchev–Trinajstić information content (AvgIpc) is 3.67. The van der Waals surface area contributed by atoms with E-state index in [1.165, 1.54) is 36.4 Å². The summed E-state index contributed by atoms with van der Waals surface area (Å²) in [7, 11) is 0. The molecule has 1 amide bonds. The van der Waals surface area contributed by atoms with Crippen LogP contribution in [0.4, 0.5) is 17.6 Å². The molecule has 2 aliphatic carbocycles. The summed E-state index contributed by atoms with van der Waals surface area (Å²) >= 11 is 0. The Kier molecular flexibility index (Phi) is 7.99. The first-order chi connectivity index (χ1) is 17.1. The zero-order valence-corrected chi connectivity index (χ0v) is 19.5. The number of rotatable bonds is 9. The summed E-state index contributed by atoms with van der Waals surface area (Å²) in [6.07, 6.45) is -6.64. The molecule has 2 aromatic rings. The summed E-state index contributed by atoms with van der Waals surface area (Å²) in [6.45, 7) is 0.130. The van der Waals surface area contributed by atoms with Crippen LogP contribution in [0.1, 0.15) is 42.4 Å². The first kappa shape index (κ1) is 26.5. The van der Waals surface area contributed by atoms with Crippen LogP contribution in [0.25, 0.3) is 0 Å². The second kappa shape index (κ2) is 10.8. The van der Waals surface area contributed by atoms with Crippen molar-refractivity contribution in [3.63, 3.8) is 0 Å². The van der Waals surface area contributed by atoms with E-state index in [9.17, 15) is 32.6 Å². The molecule has 0 heterocycles. The SMILES string of the molecule is O=C(NCC1CC1)[C@@]1(OCc2ccc(F)cc2)CC(OCc2cccc(C(F)(F)F)c2)[C@H](O)[C@H](O)C1. The molecule has 1 unspecified atom stereocenters. The number of hydrogen-bond acceptors (Lipinski definition) is 5. The van der Waals surface area contributed by atoms with Crippen molar-refractivity contribution in [1.29, 1.82) is 0 Å². The number of halogens is 4. The van der Waals surface area contributed by atoms with Gasteiger partial charge in [0.2, 0.25) is 0 Å². The fourth-order valence-corrected chi connectivity index (χ4v) is 4.32. The molecule has 0 radical (unpaired) electrons. The second-order valence-electron chi connectivity index (χ2n) is 9.58. The molecule has 10 heteroatoms. The Morgan fingerprint density at radius 3 is 2.42 bits per heavy atom. The van der Waals surface area contributed by atoms with E-state index in [0.717, 1.165) is 25.0 Å². The molecule has 0 bridgehead atoms. The molecule has 2 fully saturated rings. The first-order valence-electron chi connectivity index (χ1n) is 11.9. The van der Waals surface area contributed by atoms with Gasteiger partial charge in [0.1, 0.15) is 11.9 Å². The van der Waals surface area contributed by atoms with Crippen LogP contribution >= 0.6 is 0 Å². The summed E-state index contributed by atoms with van der Waals surface area (Å²) in [4.78, 5) is 13.3. The molecular formula is C26H29F4NO5. The van der Waals surface area contributed by atoms with Crippen LogP contribution in [0.3, 0.4) is 0 Å². The molecule has 0 saturated heterocycles. The van der Waals surface area contributed by atoms with Crippen molar-refractivity contribution in [3.05, 3.63) is 71.0 Å². The largest absolute Gasteiger partial charge is 0.416 e. The Morgan fingerprint density at radius 1 is 1.03 bits per heavy atom. The minimum atomic E-state index is -4.51. The highest BCUT2D eigenvalue weighted by molar-refractivity contribution is 5.85. The van der Waals surface area contributed by atoms with Crippen LogP contribution in [-0.2, 0) is 33.7 Å². The molecule has 4 rings (SSSR count). The summed E-state index contributed by atoms with van der Waals surface area (Å²) in [6, 6.07) is 10.2. The van der Waals surface area contributed by atoms with E-state index in [1.807, 2.05) is 0 Å². The van der Waals surface area contributed by atoms with E-state index < -0.39 is 47.4 Å². The van der Waals surface area contributed by atoms with Crippen molar-refractivity contribution in [3.8, 4) is 0 Å². The van der Waals surface area contributed by atoms with E-state index in [2.05, 4.69) is 5.32 Å². The van der Waals surface area contributed by atoms with E-state index >= 15 is 0 Å². The number of ether oxygens (including phenoxy) is 2. The highest BCUT2D eigenvalue weighted by Gasteiger charge is 2.51. The van der Waals surface area contributed by atoms with E-state index in [-0.39, 0.29) is 31.6 Å². The molecule has 2 saturated carbocycles. The van der Waals surface area contributed by atoms with Gasteiger partial charge in [-0.1, -0.05) is 24.3 Å². The van der Waals surface area contributed by atoms with Gasteiger partial charge in [0.15, 0.2) is 5.60 Å². The lowest BCUT2D eigenvalue weighted by Crippen LogP contribution is -2.60. The van der Waals surface area contributed by atoms with Gasteiger partial charge < -0.3 is 25.0 Å². The number of hydrogen-bond donors (Lipinski definition) is 3. The van der Waals surface area contributed by atoms with Crippen molar-refractivity contribution in [2.75, 3.05) is 6.54 Å². The lowest BCUT2D eigenvalue weighted by molar-refractivity contribution is -0.200. The summed E-state index contributed by atoms with van der Waals surface area (Å²) < 4.78 is 64.2. The number of alkyl halides is 3. The van der Waals surface area contributed by atoms with Gasteiger partial charge >= 0.3 is 6.18 Å². The van der Waals surface area contributed by atoms with E-state index in [0.29, 0.717) is 18.0 Å². The Morgan fingerprint density at radius 2 is 1.75 bits per heavy atom. The minimum absolute atomic E-state index is 0.0553. The van der Waals surface area contributed by atoms with Crippen LogP contribution in [0.15, 0.2) is 48.5 Å². The van der Waals surface area contributed by atoms with Crippen LogP contribution in [0.5, 0.6) is 0 Å². The summed E-state index contributed by atoms with van der Waals surface area (Å²) in [5.41, 5.74) is -1.55. The van der Waals surface area contributed by atoms with Gasteiger partial charge in [0.05, 0.1) is 31.0 Å².